The fourth-order valence-corrected chi connectivity index (χ4v) is 4.55. The monoisotopic (exact) mass is 398 g/mol. The first-order valence-electron chi connectivity index (χ1n) is 9.03. The summed E-state index contributed by atoms with van der Waals surface area (Å²) in [5, 5.41) is 11.7. The van der Waals surface area contributed by atoms with Crippen molar-refractivity contribution in [2.75, 3.05) is 12.8 Å². The Hall–Kier alpha value is -2.12. The zero-order valence-electron chi connectivity index (χ0n) is 15.5. The first-order valence-corrected chi connectivity index (χ1v) is 10.9. The summed E-state index contributed by atoms with van der Waals surface area (Å²) in [7, 11) is 1.85. The van der Waals surface area contributed by atoms with E-state index < -0.39 is 0 Å². The highest BCUT2D eigenvalue weighted by Gasteiger charge is 2.30. The summed E-state index contributed by atoms with van der Waals surface area (Å²) in [5.41, 5.74) is 2.37. The Morgan fingerprint density at radius 3 is 2.70 bits per heavy atom. The second-order valence-corrected chi connectivity index (χ2v) is 8.80. The molecule has 0 radical (unpaired) electrons. The molecule has 7 heteroatoms. The van der Waals surface area contributed by atoms with Crippen LogP contribution in [0.5, 0.6) is 0 Å². The van der Waals surface area contributed by atoms with Crippen LogP contribution in [0, 0.1) is 6.92 Å². The van der Waals surface area contributed by atoms with Crippen LogP contribution in [0.25, 0.3) is 10.7 Å². The number of carbonyl (C=O) groups excluding carboxylic acids is 1. The van der Waals surface area contributed by atoms with Gasteiger partial charge >= 0.3 is 0 Å². The number of carbonyl (C=O) groups is 1. The molecule has 0 N–H and O–H groups in total. The van der Waals surface area contributed by atoms with Crippen molar-refractivity contribution in [3.63, 3.8) is 0 Å². The minimum absolute atomic E-state index is 0.101. The Balaban J connectivity index is 1.41. The maximum Gasteiger partial charge on any atom is 0.233 e. The van der Waals surface area contributed by atoms with E-state index in [0.29, 0.717) is 18.3 Å². The van der Waals surface area contributed by atoms with Gasteiger partial charge in [-0.15, -0.1) is 21.5 Å². The summed E-state index contributed by atoms with van der Waals surface area (Å²) in [4.78, 5) is 15.5. The van der Waals surface area contributed by atoms with Crippen LogP contribution in [0.1, 0.15) is 30.0 Å². The lowest BCUT2D eigenvalue weighted by atomic mass is 10.1. The van der Waals surface area contributed by atoms with Gasteiger partial charge in [-0.3, -0.25) is 9.36 Å². The van der Waals surface area contributed by atoms with E-state index >= 15 is 0 Å². The van der Waals surface area contributed by atoms with Gasteiger partial charge in [0.05, 0.1) is 10.6 Å². The van der Waals surface area contributed by atoms with Crippen molar-refractivity contribution in [1.29, 1.82) is 0 Å². The number of hydrogen-bond donors (Lipinski definition) is 0. The van der Waals surface area contributed by atoms with Crippen molar-refractivity contribution < 1.29 is 4.79 Å². The van der Waals surface area contributed by atoms with Crippen LogP contribution >= 0.6 is 23.1 Å². The third kappa shape index (κ3) is 4.25. The topological polar surface area (TPSA) is 51.0 Å². The normalized spacial score (nSPS) is 13.7. The highest BCUT2D eigenvalue weighted by Crippen LogP contribution is 2.41. The summed E-state index contributed by atoms with van der Waals surface area (Å²) in [6.45, 7) is 2.69. The average molecular weight is 399 g/mol. The number of aryl methyl sites for hydroxylation is 1. The summed E-state index contributed by atoms with van der Waals surface area (Å²) in [6.07, 6.45) is 2.32. The number of benzene rings is 1. The Morgan fingerprint density at radius 2 is 2.04 bits per heavy atom. The second kappa shape index (κ2) is 7.86. The van der Waals surface area contributed by atoms with Crippen LogP contribution in [-0.2, 0) is 11.3 Å². The molecule has 1 saturated carbocycles. The molecular weight excluding hydrogens is 376 g/mol. The van der Waals surface area contributed by atoms with Gasteiger partial charge in [-0.2, -0.15) is 0 Å². The zero-order valence-corrected chi connectivity index (χ0v) is 17.1. The van der Waals surface area contributed by atoms with Crippen LogP contribution in [0.3, 0.4) is 0 Å². The number of hydrogen-bond acceptors (Lipinski definition) is 5. The molecule has 3 aromatic rings. The first kappa shape index (κ1) is 18.3. The maximum atomic E-state index is 12.6. The van der Waals surface area contributed by atoms with Crippen molar-refractivity contribution in [3.8, 4) is 10.7 Å². The van der Waals surface area contributed by atoms with Crippen molar-refractivity contribution in [3.05, 3.63) is 52.9 Å². The smallest absolute Gasteiger partial charge is 0.233 e. The maximum absolute atomic E-state index is 12.6. The van der Waals surface area contributed by atoms with Gasteiger partial charge in [-0.25, -0.2) is 0 Å². The van der Waals surface area contributed by atoms with Crippen LogP contribution < -0.4 is 0 Å². The molecule has 0 atom stereocenters. The molecule has 4 rings (SSSR count). The highest BCUT2D eigenvalue weighted by atomic mass is 32.2. The lowest BCUT2D eigenvalue weighted by Crippen LogP contribution is -2.27. The Labute approximate surface area is 167 Å². The number of nitrogens with zero attached hydrogens (tertiary/aromatic N) is 4. The first-order chi connectivity index (χ1) is 13.1. The van der Waals surface area contributed by atoms with Crippen molar-refractivity contribution in [2.24, 2.45) is 0 Å². The molecule has 0 unspecified atom stereocenters. The highest BCUT2D eigenvalue weighted by molar-refractivity contribution is 7.99. The Morgan fingerprint density at radius 1 is 1.26 bits per heavy atom. The molecule has 0 bridgehead atoms. The predicted octanol–water partition coefficient (Wildman–Crippen LogP) is 4.40. The molecule has 0 saturated heterocycles. The van der Waals surface area contributed by atoms with E-state index in [1.807, 2.05) is 13.1 Å². The third-order valence-corrected chi connectivity index (χ3v) is 6.40. The Kier molecular flexibility index (Phi) is 5.31. The average Bonchev–Trinajstić information content (AvgIpc) is 3.19. The van der Waals surface area contributed by atoms with Crippen LogP contribution in [0.4, 0.5) is 0 Å². The number of aromatic nitrogens is 3. The minimum atomic E-state index is 0.101. The van der Waals surface area contributed by atoms with E-state index in [1.165, 1.54) is 17.3 Å². The molecule has 1 fully saturated rings. The van der Waals surface area contributed by atoms with Gasteiger partial charge in [0.25, 0.3) is 0 Å². The fourth-order valence-electron chi connectivity index (χ4n) is 2.90. The summed E-state index contributed by atoms with van der Waals surface area (Å²) < 4.78 is 2.21. The fraction of sp³-hybridized carbons (Fsp3) is 0.350. The van der Waals surface area contributed by atoms with Crippen LogP contribution in [0.15, 0.2) is 46.9 Å². The molecule has 5 nitrogen and oxygen atoms in total. The molecule has 1 aromatic carbocycles. The molecule has 0 spiro atoms. The summed E-state index contributed by atoms with van der Waals surface area (Å²) >= 11 is 3.16. The molecule has 2 heterocycles. The third-order valence-electron chi connectivity index (χ3n) is 4.61. The SMILES string of the molecule is Cc1ccc(CN(C)C(=O)CSc2nnc(-c3cccs3)n2C2CC2)cc1. The van der Waals surface area contributed by atoms with Gasteiger partial charge in [0, 0.05) is 19.6 Å². The van der Waals surface area contributed by atoms with E-state index in [-0.39, 0.29) is 5.91 Å². The molecule has 1 aliphatic rings. The van der Waals surface area contributed by atoms with Gasteiger partial charge in [0.15, 0.2) is 11.0 Å². The largest absolute Gasteiger partial charge is 0.341 e. The predicted molar refractivity (Wildman–Crippen MR) is 110 cm³/mol. The van der Waals surface area contributed by atoms with Gasteiger partial charge in [0.1, 0.15) is 0 Å². The number of thiophene rings is 1. The Bertz CT molecular complexity index is 914. The molecule has 27 heavy (non-hydrogen) atoms. The van der Waals surface area contributed by atoms with Crippen molar-refractivity contribution >= 4 is 29.0 Å². The molecule has 1 aliphatic carbocycles. The van der Waals surface area contributed by atoms with E-state index in [2.05, 4.69) is 57.4 Å². The van der Waals surface area contributed by atoms with Crippen LogP contribution in [-0.4, -0.2) is 38.4 Å². The molecular formula is C20H22N4OS2. The molecule has 0 aliphatic heterocycles. The lowest BCUT2D eigenvalue weighted by molar-refractivity contribution is -0.127. The summed E-state index contributed by atoms with van der Waals surface area (Å²) in [5.74, 6) is 1.40. The van der Waals surface area contributed by atoms with Crippen LogP contribution in [0.2, 0.25) is 0 Å². The number of amides is 1. The summed E-state index contributed by atoms with van der Waals surface area (Å²) in [6, 6.07) is 12.9. The quantitative estimate of drug-likeness (QED) is 0.554. The second-order valence-electron chi connectivity index (χ2n) is 6.91. The standard InChI is InChI=1S/C20H22N4OS2/c1-14-5-7-15(8-6-14)12-23(2)18(25)13-27-20-22-21-19(17-4-3-11-26-17)24(20)16-9-10-16/h3-8,11,16H,9-10,12-13H2,1-2H3. The van der Waals surface area contributed by atoms with Gasteiger partial charge in [-0.05, 0) is 36.8 Å². The van der Waals surface area contributed by atoms with E-state index in [9.17, 15) is 4.79 Å². The van der Waals surface area contributed by atoms with Gasteiger partial charge in [-0.1, -0.05) is 47.7 Å². The number of thioether (sulfide) groups is 1. The molecule has 2 aromatic heterocycles. The zero-order chi connectivity index (χ0) is 18.8. The molecule has 140 valence electrons. The van der Waals surface area contributed by atoms with Crippen molar-refractivity contribution in [1.82, 2.24) is 19.7 Å². The number of rotatable bonds is 7. The minimum Gasteiger partial charge on any atom is -0.341 e. The van der Waals surface area contributed by atoms with Gasteiger partial charge in [0.2, 0.25) is 5.91 Å². The van der Waals surface area contributed by atoms with Crippen molar-refractivity contribution in [2.45, 2.75) is 37.5 Å². The van der Waals surface area contributed by atoms with E-state index in [4.69, 9.17) is 0 Å². The van der Waals surface area contributed by atoms with E-state index in [0.717, 1.165) is 34.3 Å². The lowest BCUT2D eigenvalue weighted by Gasteiger charge is -2.17. The van der Waals surface area contributed by atoms with E-state index in [1.54, 1.807) is 16.2 Å². The molecule has 1 amide bonds. The van der Waals surface area contributed by atoms with Gasteiger partial charge < -0.3 is 4.90 Å².